The number of halogens is 1. The molecule has 1 unspecified atom stereocenters. The molecule has 0 heterocycles. The Hall–Kier alpha value is -1.42. The third-order valence-corrected chi connectivity index (χ3v) is 2.79. The van der Waals surface area contributed by atoms with Crippen LogP contribution in [0.2, 0.25) is 0 Å². The van der Waals surface area contributed by atoms with Crippen LogP contribution in [0.5, 0.6) is 0 Å². The monoisotopic (exact) mass is 253 g/mol. The van der Waals surface area contributed by atoms with Crippen LogP contribution in [0.4, 0.5) is 4.39 Å². The van der Waals surface area contributed by atoms with E-state index in [-0.39, 0.29) is 5.82 Å². The van der Waals surface area contributed by atoms with Gasteiger partial charge in [0.1, 0.15) is 5.82 Å². The molecule has 18 heavy (non-hydrogen) atoms. The van der Waals surface area contributed by atoms with E-state index in [1.807, 2.05) is 17.9 Å². The lowest BCUT2D eigenvalue weighted by molar-refractivity contribution is -0.141. The van der Waals surface area contributed by atoms with Crippen LogP contribution in [0.1, 0.15) is 25.8 Å². The van der Waals surface area contributed by atoms with Gasteiger partial charge < -0.3 is 5.11 Å². The van der Waals surface area contributed by atoms with Crippen molar-refractivity contribution < 1.29 is 14.3 Å². The van der Waals surface area contributed by atoms with E-state index in [1.54, 1.807) is 13.0 Å². The maximum absolute atomic E-state index is 13.1. The van der Waals surface area contributed by atoms with E-state index >= 15 is 0 Å². The topological polar surface area (TPSA) is 40.5 Å². The zero-order chi connectivity index (χ0) is 13.5. The van der Waals surface area contributed by atoms with Gasteiger partial charge in [0.15, 0.2) is 0 Å². The summed E-state index contributed by atoms with van der Waals surface area (Å²) in [6.45, 7) is 5.62. The Balaban J connectivity index is 2.65. The van der Waals surface area contributed by atoms with E-state index in [2.05, 4.69) is 0 Å². The number of rotatable bonds is 7. The summed E-state index contributed by atoms with van der Waals surface area (Å²) in [5.74, 6) is -1.46. The molecule has 1 rings (SSSR count). The summed E-state index contributed by atoms with van der Waals surface area (Å²) in [5, 5.41) is 8.92. The van der Waals surface area contributed by atoms with Crippen molar-refractivity contribution >= 4 is 5.97 Å². The van der Waals surface area contributed by atoms with E-state index < -0.39 is 11.9 Å². The zero-order valence-electron chi connectivity index (χ0n) is 10.9. The lowest BCUT2D eigenvalue weighted by atomic mass is 10.1. The molecule has 0 fully saturated rings. The average molecular weight is 253 g/mol. The van der Waals surface area contributed by atoms with E-state index in [1.165, 1.54) is 12.1 Å². The highest BCUT2D eigenvalue weighted by Gasteiger charge is 2.15. The summed E-state index contributed by atoms with van der Waals surface area (Å²) in [5.41, 5.74) is 0.876. The number of carboxylic acid groups (broad SMARTS) is 1. The van der Waals surface area contributed by atoms with Gasteiger partial charge in [-0.15, -0.1) is 0 Å². The summed E-state index contributed by atoms with van der Waals surface area (Å²) in [6, 6.07) is 6.44. The van der Waals surface area contributed by atoms with E-state index in [4.69, 9.17) is 5.11 Å². The molecule has 0 radical (unpaired) electrons. The lowest BCUT2D eigenvalue weighted by Gasteiger charge is -2.23. The number of benzene rings is 1. The van der Waals surface area contributed by atoms with Gasteiger partial charge in [-0.1, -0.05) is 26.0 Å². The minimum atomic E-state index is -0.796. The number of nitrogens with zero attached hydrogens (tertiary/aromatic N) is 1. The number of carboxylic acids is 1. The molecule has 0 aliphatic carbocycles. The molecule has 0 amide bonds. The van der Waals surface area contributed by atoms with Crippen LogP contribution in [0.25, 0.3) is 0 Å². The normalized spacial score (nSPS) is 12.7. The van der Waals surface area contributed by atoms with Crippen molar-refractivity contribution in [1.29, 1.82) is 0 Å². The van der Waals surface area contributed by atoms with Crippen molar-refractivity contribution in [1.82, 2.24) is 4.90 Å². The van der Waals surface area contributed by atoms with E-state index in [0.29, 0.717) is 13.1 Å². The number of hydrogen-bond acceptors (Lipinski definition) is 2. The molecule has 1 N–H and O–H groups in total. The molecule has 0 aliphatic rings. The smallest absolute Gasteiger partial charge is 0.307 e. The highest BCUT2D eigenvalue weighted by molar-refractivity contribution is 5.69. The van der Waals surface area contributed by atoms with Crippen molar-refractivity contribution in [3.63, 3.8) is 0 Å². The fourth-order valence-electron chi connectivity index (χ4n) is 1.91. The zero-order valence-corrected chi connectivity index (χ0v) is 10.9. The van der Waals surface area contributed by atoms with E-state index in [9.17, 15) is 9.18 Å². The minimum Gasteiger partial charge on any atom is -0.481 e. The van der Waals surface area contributed by atoms with Gasteiger partial charge in [0.05, 0.1) is 5.92 Å². The van der Waals surface area contributed by atoms with Crippen molar-refractivity contribution in [2.75, 3.05) is 13.1 Å². The lowest BCUT2D eigenvalue weighted by Crippen LogP contribution is -2.32. The Labute approximate surface area is 107 Å². The fraction of sp³-hybridized carbons (Fsp3) is 0.500. The number of aliphatic carboxylic acids is 1. The summed E-state index contributed by atoms with van der Waals surface area (Å²) < 4.78 is 13.1. The van der Waals surface area contributed by atoms with Crippen LogP contribution >= 0.6 is 0 Å². The van der Waals surface area contributed by atoms with Gasteiger partial charge in [-0.25, -0.2) is 4.39 Å². The van der Waals surface area contributed by atoms with Gasteiger partial charge >= 0.3 is 5.97 Å². The summed E-state index contributed by atoms with van der Waals surface area (Å²) >= 11 is 0. The van der Waals surface area contributed by atoms with Crippen molar-refractivity contribution in [3.05, 3.63) is 35.6 Å². The van der Waals surface area contributed by atoms with Crippen LogP contribution in [-0.2, 0) is 11.3 Å². The first-order chi connectivity index (χ1) is 8.52. The quantitative estimate of drug-likeness (QED) is 0.812. The molecule has 0 aromatic heterocycles. The molecule has 3 nitrogen and oxygen atoms in total. The van der Waals surface area contributed by atoms with Crippen LogP contribution in [0, 0.1) is 11.7 Å². The molecule has 100 valence electrons. The number of carbonyl (C=O) groups is 1. The molecule has 0 saturated heterocycles. The molecule has 0 aliphatic heterocycles. The third-order valence-electron chi connectivity index (χ3n) is 2.79. The molecule has 1 aromatic rings. The first kappa shape index (κ1) is 14.6. The van der Waals surface area contributed by atoms with Gasteiger partial charge in [-0.05, 0) is 30.7 Å². The Morgan fingerprint density at radius 3 is 2.78 bits per heavy atom. The molecular formula is C14H20FNO2. The van der Waals surface area contributed by atoms with Crippen molar-refractivity contribution in [2.45, 2.75) is 26.8 Å². The molecular weight excluding hydrogens is 233 g/mol. The summed E-state index contributed by atoms with van der Waals surface area (Å²) in [6.07, 6.45) is 0.946. The standard InChI is InChI=1S/C14H20FNO2/c1-3-7-16(9-11(2)14(17)18)10-12-5-4-6-13(15)8-12/h4-6,8,11H,3,7,9-10H2,1-2H3,(H,17,18). The molecule has 0 bridgehead atoms. The second kappa shape index (κ2) is 7.11. The second-order valence-electron chi connectivity index (χ2n) is 4.60. The molecule has 4 heteroatoms. The Kier molecular flexibility index (Phi) is 5.78. The second-order valence-corrected chi connectivity index (χ2v) is 4.60. The van der Waals surface area contributed by atoms with Crippen molar-refractivity contribution in [2.24, 2.45) is 5.92 Å². The highest BCUT2D eigenvalue weighted by atomic mass is 19.1. The van der Waals surface area contributed by atoms with E-state index in [0.717, 1.165) is 18.5 Å². The van der Waals surface area contributed by atoms with Crippen molar-refractivity contribution in [3.8, 4) is 0 Å². The molecule has 1 atom stereocenters. The predicted octanol–water partition coefficient (Wildman–Crippen LogP) is 2.76. The third kappa shape index (κ3) is 4.84. The van der Waals surface area contributed by atoms with Gasteiger partial charge in [0.25, 0.3) is 0 Å². The Morgan fingerprint density at radius 1 is 1.50 bits per heavy atom. The Bertz CT molecular complexity index is 395. The van der Waals surface area contributed by atoms with Crippen LogP contribution < -0.4 is 0 Å². The van der Waals surface area contributed by atoms with Gasteiger partial charge in [-0.2, -0.15) is 0 Å². The predicted molar refractivity (Wildman–Crippen MR) is 68.8 cm³/mol. The fourth-order valence-corrected chi connectivity index (χ4v) is 1.91. The molecule has 0 spiro atoms. The SMILES string of the molecule is CCCN(Cc1cccc(F)c1)CC(C)C(=O)O. The largest absolute Gasteiger partial charge is 0.481 e. The van der Waals surface area contributed by atoms with Crippen LogP contribution in [0.3, 0.4) is 0 Å². The maximum Gasteiger partial charge on any atom is 0.307 e. The molecule has 0 saturated carbocycles. The number of hydrogen-bond donors (Lipinski definition) is 1. The average Bonchev–Trinajstić information content (AvgIpc) is 2.29. The van der Waals surface area contributed by atoms with Crippen LogP contribution in [0.15, 0.2) is 24.3 Å². The molecule has 1 aromatic carbocycles. The first-order valence-corrected chi connectivity index (χ1v) is 6.22. The first-order valence-electron chi connectivity index (χ1n) is 6.22. The van der Waals surface area contributed by atoms with Gasteiger partial charge in [-0.3, -0.25) is 9.69 Å². The summed E-state index contributed by atoms with van der Waals surface area (Å²) in [4.78, 5) is 12.9. The van der Waals surface area contributed by atoms with Gasteiger partial charge in [0.2, 0.25) is 0 Å². The summed E-state index contributed by atoms with van der Waals surface area (Å²) in [7, 11) is 0. The Morgan fingerprint density at radius 2 is 2.22 bits per heavy atom. The maximum atomic E-state index is 13.1. The highest BCUT2D eigenvalue weighted by Crippen LogP contribution is 2.10. The van der Waals surface area contributed by atoms with Crippen LogP contribution in [-0.4, -0.2) is 29.1 Å². The van der Waals surface area contributed by atoms with Gasteiger partial charge in [0, 0.05) is 13.1 Å². The minimum absolute atomic E-state index is 0.254.